The molecule has 1 amide bonds. The molecule has 1 aromatic carbocycles. The molecule has 0 bridgehead atoms. The van der Waals surface area contributed by atoms with Gasteiger partial charge in [0.2, 0.25) is 10.0 Å². The van der Waals surface area contributed by atoms with E-state index in [0.29, 0.717) is 23.5 Å². The highest BCUT2D eigenvalue weighted by Gasteiger charge is 2.17. The van der Waals surface area contributed by atoms with Crippen LogP contribution >= 0.6 is 0 Å². The molecule has 0 unspecified atom stereocenters. The maximum atomic E-state index is 11.9. The molecule has 0 radical (unpaired) electrons. The first-order valence-electron chi connectivity index (χ1n) is 5.71. The molecule has 19 heavy (non-hydrogen) atoms. The highest BCUT2D eigenvalue weighted by atomic mass is 32.2. The fourth-order valence-corrected chi connectivity index (χ4v) is 2.01. The minimum Gasteiger partial charge on any atom is -0.496 e. The van der Waals surface area contributed by atoms with E-state index < -0.39 is 10.0 Å². The van der Waals surface area contributed by atoms with E-state index in [1.165, 1.54) is 20.2 Å². The normalized spacial score (nSPS) is 10.9. The number of methoxy groups -OCH3 is 1. The first-order chi connectivity index (χ1) is 8.81. The van der Waals surface area contributed by atoms with Crippen LogP contribution in [0.15, 0.2) is 18.2 Å². The van der Waals surface area contributed by atoms with Gasteiger partial charge >= 0.3 is 0 Å². The third kappa shape index (κ3) is 3.60. The summed E-state index contributed by atoms with van der Waals surface area (Å²) in [6.07, 6.45) is 1.10. The van der Waals surface area contributed by atoms with E-state index in [1.807, 2.05) is 0 Å². The van der Waals surface area contributed by atoms with Crippen molar-refractivity contribution in [1.82, 2.24) is 5.32 Å². The fourth-order valence-electron chi connectivity index (χ4n) is 1.52. The monoisotopic (exact) mass is 286 g/mol. The van der Waals surface area contributed by atoms with Gasteiger partial charge in [0.1, 0.15) is 5.75 Å². The molecule has 106 valence electrons. The minimum absolute atomic E-state index is 0.303. The number of carbonyl (C=O) groups is 1. The Balaban J connectivity index is 3.26. The molecule has 0 saturated heterocycles. The van der Waals surface area contributed by atoms with Crippen molar-refractivity contribution < 1.29 is 17.9 Å². The lowest BCUT2D eigenvalue weighted by atomic mass is 10.1. The zero-order chi connectivity index (χ0) is 14.6. The van der Waals surface area contributed by atoms with Gasteiger partial charge in [0, 0.05) is 13.6 Å². The number of nitrogens with one attached hydrogen (secondary N) is 1. The Morgan fingerprint density at radius 1 is 1.42 bits per heavy atom. The fraction of sp³-hybridized carbons (Fsp3) is 0.417. The van der Waals surface area contributed by atoms with Crippen LogP contribution in [0.2, 0.25) is 0 Å². The number of hydrogen-bond donors (Lipinski definition) is 1. The van der Waals surface area contributed by atoms with Gasteiger partial charge in [-0.25, -0.2) is 8.42 Å². The number of nitrogens with zero attached hydrogens (tertiary/aromatic N) is 1. The van der Waals surface area contributed by atoms with E-state index in [-0.39, 0.29) is 5.91 Å². The number of benzene rings is 1. The summed E-state index contributed by atoms with van der Waals surface area (Å²) in [5.74, 6) is 0.0969. The zero-order valence-electron chi connectivity index (χ0n) is 11.4. The van der Waals surface area contributed by atoms with Gasteiger partial charge < -0.3 is 10.1 Å². The highest BCUT2D eigenvalue weighted by Crippen LogP contribution is 2.25. The van der Waals surface area contributed by atoms with Gasteiger partial charge in [0.05, 0.1) is 24.6 Å². The Hall–Kier alpha value is -1.76. The van der Waals surface area contributed by atoms with Crippen molar-refractivity contribution in [3.05, 3.63) is 23.8 Å². The Morgan fingerprint density at radius 3 is 2.53 bits per heavy atom. The summed E-state index contributed by atoms with van der Waals surface area (Å²) in [6, 6.07) is 4.65. The van der Waals surface area contributed by atoms with Crippen LogP contribution in [0.3, 0.4) is 0 Å². The molecule has 0 aliphatic heterocycles. The van der Waals surface area contributed by atoms with Crippen LogP contribution in [0.5, 0.6) is 5.75 Å². The summed E-state index contributed by atoms with van der Waals surface area (Å²) in [4.78, 5) is 11.9. The first-order valence-corrected chi connectivity index (χ1v) is 7.56. The van der Waals surface area contributed by atoms with Crippen molar-refractivity contribution in [3.63, 3.8) is 0 Å². The summed E-state index contributed by atoms with van der Waals surface area (Å²) in [6.45, 7) is 2.28. The van der Waals surface area contributed by atoms with Crippen molar-refractivity contribution in [3.8, 4) is 5.75 Å². The molecule has 0 fully saturated rings. The molecular weight excluding hydrogens is 268 g/mol. The van der Waals surface area contributed by atoms with Gasteiger partial charge in [-0.05, 0) is 25.1 Å². The minimum atomic E-state index is -3.37. The topological polar surface area (TPSA) is 75.7 Å². The number of ether oxygens (including phenoxy) is 1. The first kappa shape index (κ1) is 15.3. The summed E-state index contributed by atoms with van der Waals surface area (Å²) in [7, 11) is -0.484. The van der Waals surface area contributed by atoms with E-state index in [9.17, 15) is 13.2 Å². The predicted molar refractivity (Wildman–Crippen MR) is 74.2 cm³/mol. The molecule has 1 aromatic rings. The quantitative estimate of drug-likeness (QED) is 0.870. The number of anilines is 1. The lowest BCUT2D eigenvalue weighted by Gasteiger charge is -2.18. The molecule has 6 nitrogen and oxygen atoms in total. The van der Waals surface area contributed by atoms with Crippen molar-refractivity contribution in [2.24, 2.45) is 0 Å². The van der Waals surface area contributed by atoms with Gasteiger partial charge in [-0.15, -0.1) is 0 Å². The maximum absolute atomic E-state index is 11.9. The van der Waals surface area contributed by atoms with Crippen LogP contribution in [-0.2, 0) is 10.0 Å². The Labute approximate surface area is 113 Å². The molecule has 1 N–H and O–H groups in total. The molecule has 0 aliphatic rings. The number of rotatable bonds is 5. The summed E-state index contributed by atoms with van der Waals surface area (Å²) >= 11 is 0. The van der Waals surface area contributed by atoms with E-state index >= 15 is 0 Å². The largest absolute Gasteiger partial charge is 0.496 e. The molecular formula is C12H18N2O4S. The molecule has 0 spiro atoms. The second-order valence-electron chi connectivity index (χ2n) is 3.97. The van der Waals surface area contributed by atoms with Crippen LogP contribution in [0.25, 0.3) is 0 Å². The molecule has 0 atom stereocenters. The molecule has 1 rings (SSSR count). The standard InChI is InChI=1S/C12H18N2O4S/c1-5-13-12(15)10-8-9(6-7-11(10)18-3)14(2)19(4,16)17/h6-8H,5H2,1-4H3,(H,13,15). The van der Waals surface area contributed by atoms with Crippen LogP contribution in [0, 0.1) is 0 Å². The predicted octanol–water partition coefficient (Wildman–Crippen LogP) is 0.841. The Kier molecular flexibility index (Phi) is 4.77. The highest BCUT2D eigenvalue weighted by molar-refractivity contribution is 7.92. The maximum Gasteiger partial charge on any atom is 0.255 e. The molecule has 0 saturated carbocycles. The lowest BCUT2D eigenvalue weighted by molar-refractivity contribution is 0.0953. The third-order valence-electron chi connectivity index (χ3n) is 2.63. The third-order valence-corrected chi connectivity index (χ3v) is 3.83. The van der Waals surface area contributed by atoms with E-state index in [1.54, 1.807) is 19.1 Å². The summed E-state index contributed by atoms with van der Waals surface area (Å²) < 4.78 is 29.2. The SMILES string of the molecule is CCNC(=O)c1cc(N(C)S(C)(=O)=O)ccc1OC. The number of amides is 1. The molecule has 7 heteroatoms. The van der Waals surface area contributed by atoms with E-state index in [4.69, 9.17) is 4.74 Å². The van der Waals surface area contributed by atoms with Crippen LogP contribution in [0.4, 0.5) is 5.69 Å². The summed E-state index contributed by atoms with van der Waals surface area (Å²) in [5, 5.41) is 2.65. The van der Waals surface area contributed by atoms with Crippen molar-refractivity contribution in [2.45, 2.75) is 6.92 Å². The van der Waals surface area contributed by atoms with Crippen molar-refractivity contribution in [1.29, 1.82) is 0 Å². The average Bonchev–Trinajstić information content (AvgIpc) is 2.36. The van der Waals surface area contributed by atoms with Gasteiger partial charge in [0.25, 0.3) is 5.91 Å². The summed E-state index contributed by atoms with van der Waals surface area (Å²) in [5.41, 5.74) is 0.710. The van der Waals surface area contributed by atoms with Gasteiger partial charge in [-0.3, -0.25) is 9.10 Å². The van der Waals surface area contributed by atoms with Gasteiger partial charge in [0.15, 0.2) is 0 Å². The molecule has 0 aromatic heterocycles. The Morgan fingerprint density at radius 2 is 2.05 bits per heavy atom. The average molecular weight is 286 g/mol. The zero-order valence-corrected chi connectivity index (χ0v) is 12.2. The number of carbonyl (C=O) groups excluding carboxylic acids is 1. The van der Waals surface area contributed by atoms with Crippen molar-refractivity contribution >= 4 is 21.6 Å². The van der Waals surface area contributed by atoms with Gasteiger partial charge in [-0.1, -0.05) is 0 Å². The van der Waals surface area contributed by atoms with E-state index in [0.717, 1.165) is 10.6 Å². The second-order valence-corrected chi connectivity index (χ2v) is 5.99. The van der Waals surface area contributed by atoms with Crippen molar-refractivity contribution in [2.75, 3.05) is 31.3 Å². The molecule has 0 heterocycles. The lowest BCUT2D eigenvalue weighted by Crippen LogP contribution is -2.26. The van der Waals surface area contributed by atoms with Crippen LogP contribution < -0.4 is 14.4 Å². The number of hydrogen-bond acceptors (Lipinski definition) is 4. The van der Waals surface area contributed by atoms with E-state index in [2.05, 4.69) is 5.32 Å². The number of sulfonamides is 1. The Bertz CT molecular complexity index is 569. The second kappa shape index (κ2) is 5.92. The van der Waals surface area contributed by atoms with Crippen LogP contribution in [-0.4, -0.2) is 41.3 Å². The van der Waals surface area contributed by atoms with Gasteiger partial charge in [-0.2, -0.15) is 0 Å². The van der Waals surface area contributed by atoms with Crippen LogP contribution in [0.1, 0.15) is 17.3 Å². The molecule has 0 aliphatic carbocycles. The smallest absolute Gasteiger partial charge is 0.255 e.